The van der Waals surface area contributed by atoms with Crippen LogP contribution in [0.4, 0.5) is 0 Å². The lowest BCUT2D eigenvalue weighted by atomic mass is 10.2. The second-order valence-electron chi connectivity index (χ2n) is 5.77. The van der Waals surface area contributed by atoms with Gasteiger partial charge in [-0.1, -0.05) is 53.3 Å². The van der Waals surface area contributed by atoms with Gasteiger partial charge in [0.2, 0.25) is 0 Å². The summed E-state index contributed by atoms with van der Waals surface area (Å²) in [5.74, 6) is -0.196. The summed E-state index contributed by atoms with van der Waals surface area (Å²) in [6.45, 7) is 1.86. The van der Waals surface area contributed by atoms with Crippen molar-refractivity contribution < 1.29 is 17.4 Å². The Kier molecular flexibility index (Phi) is 5.62. The molecule has 1 amide bonds. The van der Waals surface area contributed by atoms with E-state index in [0.29, 0.717) is 19.8 Å². The van der Waals surface area contributed by atoms with Crippen molar-refractivity contribution in [3.05, 3.63) is 63.5 Å². The van der Waals surface area contributed by atoms with Crippen LogP contribution in [0.1, 0.15) is 11.1 Å². The Morgan fingerprint density at radius 2 is 1.85 bits per heavy atom. The highest BCUT2D eigenvalue weighted by atomic mass is 35.5. The number of carbonyl (C=O) groups excluding carboxylic acids is 1. The molecule has 2 aromatic carbocycles. The topological polar surface area (TPSA) is 63.7 Å². The molecule has 0 unspecified atom stereocenters. The van der Waals surface area contributed by atoms with E-state index in [4.69, 9.17) is 28.0 Å². The van der Waals surface area contributed by atoms with Gasteiger partial charge in [0.1, 0.15) is 15.0 Å². The molecule has 0 aromatic heterocycles. The third-order valence-electron chi connectivity index (χ3n) is 3.75. The monoisotopic (exact) mass is 439 g/mol. The predicted molar refractivity (Wildman–Crippen MR) is 111 cm³/mol. The zero-order valence-corrected chi connectivity index (χ0v) is 17.5. The molecule has 5 nitrogen and oxygen atoms in total. The maximum absolute atomic E-state index is 12.6. The number of thiocarbonyl (C=S) groups is 1. The van der Waals surface area contributed by atoms with Gasteiger partial charge < -0.3 is 4.18 Å². The van der Waals surface area contributed by atoms with Crippen LogP contribution in [-0.2, 0) is 14.9 Å². The number of rotatable bonds is 4. The predicted octanol–water partition coefficient (Wildman–Crippen LogP) is 4.25. The molecule has 27 heavy (non-hydrogen) atoms. The molecule has 1 heterocycles. The molecule has 0 spiro atoms. The van der Waals surface area contributed by atoms with E-state index in [1.807, 2.05) is 6.92 Å². The van der Waals surface area contributed by atoms with E-state index in [1.165, 1.54) is 41.3 Å². The maximum Gasteiger partial charge on any atom is 0.339 e. The maximum atomic E-state index is 12.6. The van der Waals surface area contributed by atoms with Crippen molar-refractivity contribution in [2.45, 2.75) is 11.8 Å². The smallest absolute Gasteiger partial charge is 0.339 e. The van der Waals surface area contributed by atoms with Gasteiger partial charge in [0.05, 0.1) is 4.91 Å². The van der Waals surface area contributed by atoms with E-state index in [-0.39, 0.29) is 16.6 Å². The molecule has 1 fully saturated rings. The standard InChI is InChI=1S/C18H14ClNO4S3/c1-11-3-6-14(7-4-11)27(22,23)24-15-8-5-13(19)9-12(15)10-16-17(21)20(2)18(25)26-16/h3-10H,1-2H3/b16-10+. The number of likely N-dealkylation sites (N-methyl/N-ethyl adjacent to an activating group) is 1. The van der Waals surface area contributed by atoms with Crippen molar-refractivity contribution in [2.24, 2.45) is 0 Å². The first kappa shape index (κ1) is 19.9. The highest BCUT2D eigenvalue weighted by Crippen LogP contribution is 2.35. The summed E-state index contributed by atoms with van der Waals surface area (Å²) >= 11 is 12.3. The zero-order valence-electron chi connectivity index (χ0n) is 14.3. The van der Waals surface area contributed by atoms with Gasteiger partial charge in [0.25, 0.3) is 5.91 Å². The zero-order chi connectivity index (χ0) is 19.8. The van der Waals surface area contributed by atoms with E-state index in [9.17, 15) is 13.2 Å². The Bertz CT molecular complexity index is 1060. The highest BCUT2D eigenvalue weighted by molar-refractivity contribution is 8.26. The van der Waals surface area contributed by atoms with Crippen molar-refractivity contribution in [1.82, 2.24) is 4.90 Å². The minimum Gasteiger partial charge on any atom is -0.378 e. The molecule has 1 saturated heterocycles. The lowest BCUT2D eigenvalue weighted by Crippen LogP contribution is -2.22. The van der Waals surface area contributed by atoms with Gasteiger partial charge in [-0.25, -0.2) is 0 Å². The van der Waals surface area contributed by atoms with Crippen LogP contribution < -0.4 is 4.18 Å². The molecule has 0 saturated carbocycles. The van der Waals surface area contributed by atoms with Crippen molar-refractivity contribution in [3.63, 3.8) is 0 Å². The first-order valence-electron chi connectivity index (χ1n) is 7.69. The highest BCUT2D eigenvalue weighted by Gasteiger charge is 2.29. The number of hydrogen-bond donors (Lipinski definition) is 0. The summed E-state index contributed by atoms with van der Waals surface area (Å²) < 4.78 is 30.9. The molecule has 1 aliphatic rings. The van der Waals surface area contributed by atoms with Crippen molar-refractivity contribution in [1.29, 1.82) is 0 Å². The van der Waals surface area contributed by atoms with Crippen molar-refractivity contribution >= 4 is 62.0 Å². The molecule has 0 N–H and O–H groups in total. The Hall–Kier alpha value is -1.87. The van der Waals surface area contributed by atoms with Crippen LogP contribution in [0.3, 0.4) is 0 Å². The second-order valence-corrected chi connectivity index (χ2v) is 9.43. The van der Waals surface area contributed by atoms with E-state index >= 15 is 0 Å². The van der Waals surface area contributed by atoms with E-state index in [0.717, 1.165) is 17.3 Å². The van der Waals surface area contributed by atoms with Crippen molar-refractivity contribution in [2.75, 3.05) is 7.05 Å². The molecule has 140 valence electrons. The number of benzene rings is 2. The average molecular weight is 440 g/mol. The number of halogens is 1. The first-order valence-corrected chi connectivity index (χ1v) is 10.7. The number of nitrogens with zero attached hydrogens (tertiary/aromatic N) is 1. The largest absolute Gasteiger partial charge is 0.378 e. The fraction of sp³-hybridized carbons (Fsp3) is 0.111. The van der Waals surface area contributed by atoms with Crippen LogP contribution in [0, 0.1) is 6.92 Å². The fourth-order valence-electron chi connectivity index (χ4n) is 2.27. The van der Waals surface area contributed by atoms with Gasteiger partial charge in [-0.15, -0.1) is 0 Å². The molecule has 9 heteroatoms. The minimum atomic E-state index is -4.03. The van der Waals surface area contributed by atoms with Gasteiger partial charge in [0, 0.05) is 17.6 Å². The lowest BCUT2D eigenvalue weighted by molar-refractivity contribution is -0.121. The number of amides is 1. The van der Waals surface area contributed by atoms with E-state index in [1.54, 1.807) is 19.2 Å². The number of aryl methyl sites for hydroxylation is 1. The molecular weight excluding hydrogens is 426 g/mol. The molecule has 0 atom stereocenters. The van der Waals surface area contributed by atoms with Gasteiger partial charge >= 0.3 is 10.1 Å². The van der Waals surface area contributed by atoms with E-state index in [2.05, 4.69) is 0 Å². The van der Waals surface area contributed by atoms with Crippen LogP contribution >= 0.6 is 35.6 Å². The third kappa shape index (κ3) is 4.35. The van der Waals surface area contributed by atoms with Crippen LogP contribution in [0.2, 0.25) is 5.02 Å². The Morgan fingerprint density at radius 3 is 2.44 bits per heavy atom. The van der Waals surface area contributed by atoms with E-state index < -0.39 is 10.1 Å². The third-order valence-corrected chi connectivity index (χ3v) is 6.72. The van der Waals surface area contributed by atoms with Crippen LogP contribution in [-0.4, -0.2) is 30.6 Å². The summed E-state index contributed by atoms with van der Waals surface area (Å²) in [5, 5.41) is 0.383. The van der Waals surface area contributed by atoms with Gasteiger partial charge in [-0.3, -0.25) is 9.69 Å². The number of hydrogen-bond acceptors (Lipinski definition) is 6. The molecule has 0 aliphatic carbocycles. The van der Waals surface area contributed by atoms with Gasteiger partial charge in [0.15, 0.2) is 0 Å². The molecular formula is C18H14ClNO4S3. The summed E-state index contributed by atoms with van der Waals surface area (Å²) in [5.41, 5.74) is 1.30. The summed E-state index contributed by atoms with van der Waals surface area (Å²) in [6, 6.07) is 10.8. The number of thioether (sulfide) groups is 1. The summed E-state index contributed by atoms with van der Waals surface area (Å²) in [4.78, 5) is 14.0. The summed E-state index contributed by atoms with van der Waals surface area (Å²) in [6.07, 6.45) is 1.52. The lowest BCUT2D eigenvalue weighted by Gasteiger charge is -2.11. The quantitative estimate of drug-likeness (QED) is 0.403. The normalized spacial score (nSPS) is 16.3. The first-order chi connectivity index (χ1) is 12.7. The van der Waals surface area contributed by atoms with Crippen molar-refractivity contribution in [3.8, 4) is 5.75 Å². The molecule has 1 aliphatic heterocycles. The average Bonchev–Trinajstić information content (AvgIpc) is 2.84. The Labute approximate surface area is 172 Å². The van der Waals surface area contributed by atoms with Crippen LogP contribution in [0.5, 0.6) is 5.75 Å². The summed E-state index contributed by atoms with van der Waals surface area (Å²) in [7, 11) is -2.46. The molecule has 3 rings (SSSR count). The van der Waals surface area contributed by atoms with Gasteiger partial charge in [-0.05, 0) is 43.3 Å². The number of carbonyl (C=O) groups is 1. The molecule has 2 aromatic rings. The van der Waals surface area contributed by atoms with Gasteiger partial charge in [-0.2, -0.15) is 8.42 Å². The van der Waals surface area contributed by atoms with Crippen LogP contribution in [0.25, 0.3) is 6.08 Å². The van der Waals surface area contributed by atoms with Crippen LogP contribution in [0.15, 0.2) is 52.3 Å². The molecule has 0 bridgehead atoms. The SMILES string of the molecule is Cc1ccc(S(=O)(=O)Oc2ccc(Cl)cc2/C=C2/SC(=S)N(C)C2=O)cc1. The second kappa shape index (κ2) is 7.63. The Balaban J connectivity index is 1.99. The molecule has 0 radical (unpaired) electrons. The minimum absolute atomic E-state index is 0.0360. The fourth-order valence-corrected chi connectivity index (χ4v) is 4.57. The Morgan fingerprint density at radius 1 is 1.19 bits per heavy atom.